The van der Waals surface area contributed by atoms with Crippen molar-refractivity contribution in [1.29, 1.82) is 0 Å². The van der Waals surface area contributed by atoms with E-state index in [0.717, 1.165) is 30.5 Å². The van der Waals surface area contributed by atoms with Gasteiger partial charge in [-0.3, -0.25) is 14.4 Å². The molecule has 0 aromatic carbocycles. The number of hydrogen-bond donors (Lipinski definition) is 0. The third-order valence-electron chi connectivity index (χ3n) is 3.50. The molecule has 1 heterocycles. The topological polar surface area (TPSA) is 65.4 Å². The summed E-state index contributed by atoms with van der Waals surface area (Å²) in [6.07, 6.45) is 3.03. The number of fused-ring (bicyclic) bond motifs is 1. The van der Waals surface area contributed by atoms with Gasteiger partial charge in [-0.05, 0) is 31.7 Å². The van der Waals surface area contributed by atoms with Gasteiger partial charge >= 0.3 is 5.97 Å². The van der Waals surface area contributed by atoms with Crippen molar-refractivity contribution in [1.82, 2.24) is 4.57 Å². The molecule has 0 amide bonds. The van der Waals surface area contributed by atoms with Gasteiger partial charge in [-0.1, -0.05) is 6.07 Å². The molecule has 108 valence electrons. The van der Waals surface area contributed by atoms with Gasteiger partial charge in [0.15, 0.2) is 5.78 Å². The van der Waals surface area contributed by atoms with Gasteiger partial charge in [0.1, 0.15) is 0 Å². The standard InChI is InChI=1S/C15H19NO4/c1-2-20-15(19)9-7-12(17)10-16-13-5-3-4-11(13)6-8-14(16)18/h6,8H,2-5,7,9-10H2,1H3. The van der Waals surface area contributed by atoms with Crippen LogP contribution in [0.1, 0.15) is 37.4 Å². The fourth-order valence-electron chi connectivity index (χ4n) is 2.54. The van der Waals surface area contributed by atoms with Gasteiger partial charge in [-0.15, -0.1) is 0 Å². The predicted molar refractivity (Wildman–Crippen MR) is 73.6 cm³/mol. The number of nitrogens with zero attached hydrogens (tertiary/aromatic N) is 1. The molecule has 1 aliphatic carbocycles. The molecule has 0 spiro atoms. The molecule has 2 rings (SSSR count). The second kappa shape index (κ2) is 6.50. The van der Waals surface area contributed by atoms with Gasteiger partial charge in [0, 0.05) is 18.2 Å². The first kappa shape index (κ1) is 14.5. The highest BCUT2D eigenvalue weighted by molar-refractivity contribution is 5.82. The summed E-state index contributed by atoms with van der Waals surface area (Å²) in [5.41, 5.74) is 1.99. The third-order valence-corrected chi connectivity index (χ3v) is 3.50. The summed E-state index contributed by atoms with van der Waals surface area (Å²) in [7, 11) is 0. The van der Waals surface area contributed by atoms with Crippen molar-refractivity contribution in [3.63, 3.8) is 0 Å². The number of aromatic nitrogens is 1. The smallest absolute Gasteiger partial charge is 0.306 e. The molecule has 0 aliphatic heterocycles. The van der Waals surface area contributed by atoms with E-state index in [1.165, 1.54) is 6.07 Å². The van der Waals surface area contributed by atoms with Crippen LogP contribution < -0.4 is 5.56 Å². The van der Waals surface area contributed by atoms with Crippen LogP contribution in [0.2, 0.25) is 0 Å². The molecule has 1 aliphatic rings. The van der Waals surface area contributed by atoms with Gasteiger partial charge in [0.2, 0.25) is 0 Å². The zero-order valence-corrected chi connectivity index (χ0v) is 11.7. The number of ether oxygens (including phenoxy) is 1. The molecule has 0 unspecified atom stereocenters. The van der Waals surface area contributed by atoms with E-state index in [0.29, 0.717) is 6.61 Å². The molecule has 0 bridgehead atoms. The number of carbonyl (C=O) groups is 2. The zero-order chi connectivity index (χ0) is 14.5. The van der Waals surface area contributed by atoms with Crippen LogP contribution in [-0.4, -0.2) is 22.9 Å². The van der Waals surface area contributed by atoms with Crippen LogP contribution in [0.5, 0.6) is 0 Å². The Kier molecular flexibility index (Phi) is 4.71. The first-order chi connectivity index (χ1) is 9.61. The molecule has 5 nitrogen and oxygen atoms in total. The van der Waals surface area contributed by atoms with E-state index >= 15 is 0 Å². The molecule has 0 atom stereocenters. The van der Waals surface area contributed by atoms with Crippen molar-refractivity contribution in [2.24, 2.45) is 0 Å². The Bertz CT molecular complexity index is 574. The van der Waals surface area contributed by atoms with E-state index in [9.17, 15) is 14.4 Å². The summed E-state index contributed by atoms with van der Waals surface area (Å²) in [5.74, 6) is -0.480. The molecular weight excluding hydrogens is 258 g/mol. The summed E-state index contributed by atoms with van der Waals surface area (Å²) in [6, 6.07) is 3.37. The predicted octanol–water partition coefficient (Wildman–Crippen LogP) is 1.25. The Morgan fingerprint density at radius 2 is 2.05 bits per heavy atom. The molecule has 5 heteroatoms. The number of carbonyl (C=O) groups excluding carboxylic acids is 2. The van der Waals surface area contributed by atoms with Crippen LogP contribution in [0.3, 0.4) is 0 Å². The molecular formula is C15H19NO4. The third kappa shape index (κ3) is 3.35. The normalized spacial score (nSPS) is 13.1. The van der Waals surface area contributed by atoms with Crippen molar-refractivity contribution < 1.29 is 14.3 Å². The van der Waals surface area contributed by atoms with Crippen LogP contribution in [-0.2, 0) is 33.7 Å². The monoisotopic (exact) mass is 277 g/mol. The van der Waals surface area contributed by atoms with E-state index in [2.05, 4.69) is 0 Å². The highest BCUT2D eigenvalue weighted by Crippen LogP contribution is 2.19. The van der Waals surface area contributed by atoms with Crippen molar-refractivity contribution in [2.45, 2.75) is 45.6 Å². The number of ketones is 1. The second-order valence-electron chi connectivity index (χ2n) is 4.93. The molecule has 0 N–H and O–H groups in total. The SMILES string of the molecule is CCOC(=O)CCC(=O)Cn1c2c(ccc1=O)CCC2. The Hall–Kier alpha value is -1.91. The van der Waals surface area contributed by atoms with E-state index in [1.807, 2.05) is 6.07 Å². The maximum absolute atomic E-state index is 11.9. The molecule has 0 fully saturated rings. The minimum Gasteiger partial charge on any atom is -0.466 e. The second-order valence-corrected chi connectivity index (χ2v) is 4.93. The Balaban J connectivity index is 2.00. The van der Waals surface area contributed by atoms with Gasteiger partial charge in [-0.25, -0.2) is 0 Å². The maximum atomic E-state index is 11.9. The van der Waals surface area contributed by atoms with Crippen molar-refractivity contribution in [3.05, 3.63) is 33.7 Å². The van der Waals surface area contributed by atoms with Crippen molar-refractivity contribution >= 4 is 11.8 Å². The number of rotatable bonds is 6. The first-order valence-corrected chi connectivity index (χ1v) is 7.00. The fourth-order valence-corrected chi connectivity index (χ4v) is 2.54. The molecule has 1 aromatic rings. The summed E-state index contributed by atoms with van der Waals surface area (Å²) in [4.78, 5) is 35.0. The summed E-state index contributed by atoms with van der Waals surface area (Å²) in [6.45, 7) is 2.10. The Labute approximate surface area is 117 Å². The highest BCUT2D eigenvalue weighted by atomic mass is 16.5. The molecule has 0 radical (unpaired) electrons. The highest BCUT2D eigenvalue weighted by Gasteiger charge is 2.17. The average molecular weight is 277 g/mol. The summed E-state index contributed by atoms with van der Waals surface area (Å²) >= 11 is 0. The Morgan fingerprint density at radius 1 is 1.25 bits per heavy atom. The minimum atomic E-state index is -0.369. The van der Waals surface area contributed by atoms with Crippen LogP contribution in [0.15, 0.2) is 16.9 Å². The zero-order valence-electron chi connectivity index (χ0n) is 11.7. The van der Waals surface area contributed by atoms with E-state index < -0.39 is 0 Å². The molecule has 20 heavy (non-hydrogen) atoms. The molecule has 1 aromatic heterocycles. The van der Waals surface area contributed by atoms with Gasteiger partial charge in [0.25, 0.3) is 5.56 Å². The number of Topliss-reactive ketones (excluding diaryl/α,β-unsaturated/α-hetero) is 1. The molecule has 0 saturated carbocycles. The number of hydrogen-bond acceptors (Lipinski definition) is 4. The largest absolute Gasteiger partial charge is 0.466 e. The number of pyridine rings is 1. The lowest BCUT2D eigenvalue weighted by atomic mass is 10.2. The van der Waals surface area contributed by atoms with E-state index in [-0.39, 0.29) is 36.7 Å². The van der Waals surface area contributed by atoms with Crippen LogP contribution >= 0.6 is 0 Å². The lowest BCUT2D eigenvalue weighted by Crippen LogP contribution is -2.26. The number of esters is 1. The maximum Gasteiger partial charge on any atom is 0.306 e. The lowest BCUT2D eigenvalue weighted by Gasteiger charge is -2.11. The molecule has 0 saturated heterocycles. The van der Waals surface area contributed by atoms with E-state index in [4.69, 9.17) is 4.74 Å². The van der Waals surface area contributed by atoms with Crippen molar-refractivity contribution in [2.75, 3.05) is 6.61 Å². The van der Waals surface area contributed by atoms with Crippen LogP contribution in [0.4, 0.5) is 0 Å². The van der Waals surface area contributed by atoms with Crippen LogP contribution in [0, 0.1) is 0 Å². The van der Waals surface area contributed by atoms with Crippen LogP contribution in [0.25, 0.3) is 0 Å². The summed E-state index contributed by atoms with van der Waals surface area (Å²) < 4.78 is 6.33. The Morgan fingerprint density at radius 3 is 2.80 bits per heavy atom. The van der Waals surface area contributed by atoms with E-state index in [1.54, 1.807) is 11.5 Å². The van der Waals surface area contributed by atoms with Gasteiger partial charge < -0.3 is 9.30 Å². The number of aryl methyl sites for hydroxylation is 1. The van der Waals surface area contributed by atoms with Crippen molar-refractivity contribution in [3.8, 4) is 0 Å². The quantitative estimate of drug-likeness (QED) is 0.734. The van der Waals surface area contributed by atoms with Gasteiger partial charge in [0.05, 0.1) is 19.6 Å². The lowest BCUT2D eigenvalue weighted by molar-refractivity contribution is -0.144. The fraction of sp³-hybridized carbons (Fsp3) is 0.533. The summed E-state index contributed by atoms with van der Waals surface area (Å²) in [5, 5.41) is 0. The van der Waals surface area contributed by atoms with Gasteiger partial charge in [-0.2, -0.15) is 0 Å². The average Bonchev–Trinajstić information content (AvgIpc) is 2.89. The minimum absolute atomic E-state index is 0.0570. The first-order valence-electron chi connectivity index (χ1n) is 7.00.